The molecule has 3 heteroatoms. The van der Waals surface area contributed by atoms with Gasteiger partial charge in [-0.2, -0.15) is 0 Å². The van der Waals surface area contributed by atoms with Gasteiger partial charge in [-0.15, -0.1) is 0 Å². The van der Waals surface area contributed by atoms with Crippen molar-refractivity contribution in [1.82, 2.24) is 0 Å². The lowest BCUT2D eigenvalue weighted by Crippen LogP contribution is -2.37. The minimum atomic E-state index is -0.924. The Bertz CT molecular complexity index is 469. The van der Waals surface area contributed by atoms with Gasteiger partial charge in [-0.25, -0.2) is 0 Å². The fourth-order valence-electron chi connectivity index (χ4n) is 3.34. The van der Waals surface area contributed by atoms with Gasteiger partial charge in [0.2, 0.25) is 0 Å². The van der Waals surface area contributed by atoms with E-state index in [0.29, 0.717) is 18.4 Å². The Balaban J connectivity index is 2.15. The molecule has 2 rings (SSSR count). The number of rotatable bonds is 5. The average Bonchev–Trinajstić information content (AvgIpc) is 2.53. The van der Waals surface area contributed by atoms with Gasteiger partial charge in [0.1, 0.15) is 0 Å². The van der Waals surface area contributed by atoms with E-state index in [2.05, 4.69) is 45.0 Å². The number of hydrogen-bond donors (Lipinski definition) is 1. The fourth-order valence-corrected chi connectivity index (χ4v) is 5.14. The first-order valence-corrected chi connectivity index (χ1v) is 9.48. The van der Waals surface area contributed by atoms with E-state index >= 15 is 0 Å². The summed E-state index contributed by atoms with van der Waals surface area (Å²) in [4.78, 5) is 0.972. The first-order valence-electron chi connectivity index (χ1n) is 8.27. The molecule has 118 valence electrons. The zero-order valence-electron chi connectivity index (χ0n) is 13.5. The molecule has 1 aromatic rings. The minimum absolute atomic E-state index is 0.235. The molecule has 21 heavy (non-hydrogen) atoms. The Labute approximate surface area is 132 Å². The highest BCUT2D eigenvalue weighted by molar-refractivity contribution is 7.85. The van der Waals surface area contributed by atoms with Crippen molar-refractivity contribution in [3.8, 4) is 0 Å². The predicted octanol–water partition coefficient (Wildman–Crippen LogP) is 4.07. The molecule has 1 fully saturated rings. The molecule has 0 spiro atoms. The molecule has 0 heterocycles. The summed E-state index contributed by atoms with van der Waals surface area (Å²) in [5, 5.41) is 0.235. The molecule has 0 radical (unpaired) electrons. The molecule has 2 N–H and O–H groups in total. The summed E-state index contributed by atoms with van der Waals surface area (Å²) in [5.41, 5.74) is 7.23. The molecule has 1 aliphatic rings. The molecule has 0 amide bonds. The molecule has 4 atom stereocenters. The SMILES string of the molecule is CCC1CCC(CN)C(S(=O)c2ccc(C(C)C)cc2)C1. The molecule has 0 aromatic heterocycles. The van der Waals surface area contributed by atoms with E-state index < -0.39 is 10.8 Å². The molecule has 0 aliphatic heterocycles. The summed E-state index contributed by atoms with van der Waals surface area (Å²) < 4.78 is 13.0. The van der Waals surface area contributed by atoms with Crippen molar-refractivity contribution in [3.63, 3.8) is 0 Å². The molecule has 1 aromatic carbocycles. The van der Waals surface area contributed by atoms with Crippen molar-refractivity contribution < 1.29 is 4.21 Å². The third-order valence-corrected chi connectivity index (χ3v) is 6.84. The van der Waals surface area contributed by atoms with Crippen molar-refractivity contribution in [3.05, 3.63) is 29.8 Å². The van der Waals surface area contributed by atoms with E-state index in [1.165, 1.54) is 18.4 Å². The van der Waals surface area contributed by atoms with E-state index in [4.69, 9.17) is 5.73 Å². The Morgan fingerprint density at radius 3 is 2.43 bits per heavy atom. The smallest absolute Gasteiger partial charge is 0.0564 e. The maximum atomic E-state index is 13.0. The van der Waals surface area contributed by atoms with Crippen LogP contribution in [-0.4, -0.2) is 16.0 Å². The summed E-state index contributed by atoms with van der Waals surface area (Å²) >= 11 is 0. The van der Waals surface area contributed by atoms with Crippen LogP contribution in [0.1, 0.15) is 57.9 Å². The van der Waals surface area contributed by atoms with E-state index in [-0.39, 0.29) is 5.25 Å². The van der Waals surface area contributed by atoms with Gasteiger partial charge in [-0.1, -0.05) is 45.7 Å². The Kier molecular flexibility index (Phi) is 6.00. The molecule has 0 bridgehead atoms. The van der Waals surface area contributed by atoms with Crippen LogP contribution in [0.25, 0.3) is 0 Å². The van der Waals surface area contributed by atoms with E-state index in [1.807, 2.05) is 0 Å². The third kappa shape index (κ3) is 3.95. The molecule has 2 nitrogen and oxygen atoms in total. The van der Waals surface area contributed by atoms with Gasteiger partial charge in [0.25, 0.3) is 0 Å². The maximum Gasteiger partial charge on any atom is 0.0564 e. The number of hydrogen-bond acceptors (Lipinski definition) is 2. The van der Waals surface area contributed by atoms with Crippen LogP contribution in [0.2, 0.25) is 0 Å². The van der Waals surface area contributed by atoms with Crippen molar-refractivity contribution >= 4 is 10.8 Å². The summed E-state index contributed by atoms with van der Waals surface area (Å²) in [6.45, 7) is 7.27. The number of benzene rings is 1. The van der Waals surface area contributed by atoms with Crippen LogP contribution in [0, 0.1) is 11.8 Å². The summed E-state index contributed by atoms with van der Waals surface area (Å²) in [6, 6.07) is 8.34. The van der Waals surface area contributed by atoms with Crippen LogP contribution < -0.4 is 5.73 Å². The molecular formula is C18H29NOS. The standard InChI is InChI=1S/C18H29NOS/c1-4-14-5-6-16(12-19)18(11-14)21(20)17-9-7-15(8-10-17)13(2)3/h7-10,13-14,16,18H,4-6,11-12,19H2,1-3H3. The van der Waals surface area contributed by atoms with E-state index in [0.717, 1.165) is 23.7 Å². The van der Waals surface area contributed by atoms with Crippen LogP contribution >= 0.6 is 0 Å². The van der Waals surface area contributed by atoms with Crippen LogP contribution in [0.15, 0.2) is 29.2 Å². The maximum absolute atomic E-state index is 13.0. The average molecular weight is 308 g/mol. The molecule has 1 aliphatic carbocycles. The summed E-state index contributed by atoms with van der Waals surface area (Å²) in [5.74, 6) is 1.65. The van der Waals surface area contributed by atoms with Crippen molar-refractivity contribution in [2.45, 2.75) is 62.5 Å². The highest BCUT2D eigenvalue weighted by Gasteiger charge is 2.33. The Hall–Kier alpha value is -0.670. The lowest BCUT2D eigenvalue weighted by atomic mass is 9.80. The topological polar surface area (TPSA) is 43.1 Å². The second kappa shape index (κ2) is 7.55. The normalized spacial score (nSPS) is 27.8. The Morgan fingerprint density at radius 2 is 1.90 bits per heavy atom. The molecule has 4 unspecified atom stereocenters. The summed E-state index contributed by atoms with van der Waals surface area (Å²) in [6.07, 6.45) is 4.64. The largest absolute Gasteiger partial charge is 0.330 e. The van der Waals surface area contributed by atoms with Gasteiger partial charge in [0.05, 0.1) is 10.8 Å². The van der Waals surface area contributed by atoms with Gasteiger partial charge < -0.3 is 5.73 Å². The monoisotopic (exact) mass is 307 g/mol. The van der Waals surface area contributed by atoms with E-state index in [1.54, 1.807) is 0 Å². The van der Waals surface area contributed by atoms with Crippen molar-refractivity contribution in [2.75, 3.05) is 6.54 Å². The minimum Gasteiger partial charge on any atom is -0.330 e. The summed E-state index contributed by atoms with van der Waals surface area (Å²) in [7, 11) is -0.924. The first kappa shape index (κ1) is 16.7. The van der Waals surface area contributed by atoms with Gasteiger partial charge in [0, 0.05) is 10.1 Å². The van der Waals surface area contributed by atoms with Gasteiger partial charge in [-0.05, 0) is 54.8 Å². The molecule has 0 saturated heterocycles. The van der Waals surface area contributed by atoms with Gasteiger partial charge in [0.15, 0.2) is 0 Å². The van der Waals surface area contributed by atoms with Gasteiger partial charge >= 0.3 is 0 Å². The third-order valence-electron chi connectivity index (χ3n) is 4.97. The lowest BCUT2D eigenvalue weighted by Gasteiger charge is -2.34. The van der Waals surface area contributed by atoms with Crippen LogP contribution in [-0.2, 0) is 10.8 Å². The zero-order chi connectivity index (χ0) is 15.4. The quantitative estimate of drug-likeness (QED) is 0.891. The predicted molar refractivity (Wildman–Crippen MR) is 90.9 cm³/mol. The zero-order valence-corrected chi connectivity index (χ0v) is 14.4. The van der Waals surface area contributed by atoms with E-state index in [9.17, 15) is 4.21 Å². The number of nitrogens with two attached hydrogens (primary N) is 1. The first-order chi connectivity index (χ1) is 10.1. The van der Waals surface area contributed by atoms with Crippen molar-refractivity contribution in [1.29, 1.82) is 0 Å². The van der Waals surface area contributed by atoms with Crippen LogP contribution in [0.5, 0.6) is 0 Å². The Morgan fingerprint density at radius 1 is 1.24 bits per heavy atom. The fraction of sp³-hybridized carbons (Fsp3) is 0.667. The van der Waals surface area contributed by atoms with Crippen molar-refractivity contribution in [2.24, 2.45) is 17.6 Å². The second-order valence-corrected chi connectivity index (χ2v) is 8.31. The molecule has 1 saturated carbocycles. The highest BCUT2D eigenvalue weighted by atomic mass is 32.2. The second-order valence-electron chi connectivity index (χ2n) is 6.64. The van der Waals surface area contributed by atoms with Crippen LogP contribution in [0.4, 0.5) is 0 Å². The molecular weight excluding hydrogens is 278 g/mol. The van der Waals surface area contributed by atoms with Crippen LogP contribution in [0.3, 0.4) is 0 Å². The highest BCUT2D eigenvalue weighted by Crippen LogP contribution is 2.35. The lowest BCUT2D eigenvalue weighted by molar-refractivity contribution is 0.280. The van der Waals surface area contributed by atoms with Gasteiger partial charge in [-0.3, -0.25) is 4.21 Å².